The minimum Gasteiger partial charge on any atom is -0.507 e. The monoisotopic (exact) mass is 1060 g/mol. The summed E-state index contributed by atoms with van der Waals surface area (Å²) in [4.78, 5) is 26.6. The van der Waals surface area contributed by atoms with E-state index in [0.29, 0.717) is 22.3 Å². The fourth-order valence-electron chi connectivity index (χ4n) is 9.35. The van der Waals surface area contributed by atoms with Gasteiger partial charge in [0.2, 0.25) is 18.9 Å². The molecule has 5 aliphatic heterocycles. The Kier molecular flexibility index (Phi) is 16.3. The van der Waals surface area contributed by atoms with Crippen molar-refractivity contribution in [1.29, 1.82) is 0 Å². The zero-order chi connectivity index (χ0) is 53.4. The van der Waals surface area contributed by atoms with E-state index in [1.54, 1.807) is 30.3 Å². The molecule has 5 heterocycles. The van der Waals surface area contributed by atoms with E-state index < -0.39 is 143 Å². The van der Waals surface area contributed by atoms with Gasteiger partial charge in [0.1, 0.15) is 108 Å². The van der Waals surface area contributed by atoms with E-state index >= 15 is 0 Å². The number of ether oxygens (including phenoxy) is 11. The van der Waals surface area contributed by atoms with Gasteiger partial charge in [-0.1, -0.05) is 36.4 Å². The third-order valence-corrected chi connectivity index (χ3v) is 13.5. The second-order valence-electron chi connectivity index (χ2n) is 18.3. The van der Waals surface area contributed by atoms with Gasteiger partial charge in [-0.3, -0.25) is 0 Å². The number of phenolic OH excluding ortho intramolecular Hbond substituents is 1. The quantitative estimate of drug-likeness (QED) is 0.0325. The van der Waals surface area contributed by atoms with Gasteiger partial charge in [-0.15, -0.1) is 0 Å². The van der Waals surface area contributed by atoms with Crippen molar-refractivity contribution in [3.63, 3.8) is 0 Å². The number of hydrogen-bond acceptors (Lipinski definition) is 25. The van der Waals surface area contributed by atoms with E-state index in [2.05, 4.69) is 0 Å². The Hall–Kier alpha value is -5.98. The predicted octanol–water partition coefficient (Wildman–Crippen LogP) is -2.09. The highest BCUT2D eigenvalue weighted by Crippen LogP contribution is 2.42. The van der Waals surface area contributed by atoms with E-state index in [0.717, 1.165) is 0 Å². The van der Waals surface area contributed by atoms with Crippen LogP contribution in [-0.2, 0) is 41.3 Å². The van der Waals surface area contributed by atoms with Crippen LogP contribution in [0.15, 0.2) is 72.8 Å². The van der Waals surface area contributed by atoms with Crippen molar-refractivity contribution in [2.24, 2.45) is 0 Å². The number of hydrogen-bond donors (Lipinski definition) is 12. The Morgan fingerprint density at radius 3 is 1.49 bits per heavy atom. The first kappa shape index (κ1) is 53.8. The molecule has 4 aromatic carbocycles. The number of cyclic esters (lactones) is 2. The van der Waals surface area contributed by atoms with Crippen LogP contribution >= 0.6 is 0 Å². The van der Waals surface area contributed by atoms with Crippen molar-refractivity contribution in [3.8, 4) is 34.5 Å². The zero-order valence-electron chi connectivity index (χ0n) is 39.7. The van der Waals surface area contributed by atoms with Crippen molar-refractivity contribution in [2.75, 3.05) is 33.7 Å². The average molecular weight is 1060 g/mol. The lowest BCUT2D eigenvalue weighted by Crippen LogP contribution is -2.60. The molecule has 0 spiro atoms. The van der Waals surface area contributed by atoms with Gasteiger partial charge in [0.15, 0.2) is 29.8 Å². The third-order valence-electron chi connectivity index (χ3n) is 13.5. The Labute approximate surface area is 425 Å². The number of fused-ring (bicyclic) bond motifs is 2. The number of esters is 2. The molecule has 0 amide bonds. The van der Waals surface area contributed by atoms with Crippen LogP contribution < -0.4 is 23.7 Å². The molecule has 406 valence electrons. The van der Waals surface area contributed by atoms with Gasteiger partial charge < -0.3 is 113 Å². The summed E-state index contributed by atoms with van der Waals surface area (Å²) in [7, 11) is 1.36. The van der Waals surface area contributed by atoms with Gasteiger partial charge in [0.05, 0.1) is 26.9 Å². The van der Waals surface area contributed by atoms with Crippen molar-refractivity contribution in [2.45, 2.75) is 117 Å². The van der Waals surface area contributed by atoms with Gasteiger partial charge in [-0.2, -0.15) is 0 Å². The standard InChI is InChI=1S/C50H56O25/c1-65-25-10-8-20(28-14-22-4-2-6-24(53)35(22)46(63)68-28)12-30(25)71-50-45(62)42(59)39(56)34(75-50)18-66-19-67-26-11-9-21(13-31(26)72-49-44(61)41(58)38(55)33(17-52)74-49)29-15-23-5-3-7-27(36(23)47(64)69-29)70-48-43(60)40(57)37(54)32(16-51)73-48/h2-13,28-29,32-34,37-45,48-62H,14-19H2,1H3/t28-,29-,32+,33+,34?,37+,38+,39+,40-,41-,42-,43+,44+,45+,48+,49+,50+/m0/s1. The van der Waals surface area contributed by atoms with Gasteiger partial charge in [-0.05, 0) is 58.7 Å². The molecule has 0 radical (unpaired) electrons. The molecule has 17 atom stereocenters. The molecular weight excluding hydrogens is 1000 g/mol. The van der Waals surface area contributed by atoms with Crippen LogP contribution in [-0.4, -0.2) is 199 Å². The molecule has 1 unspecified atom stereocenters. The molecule has 3 saturated heterocycles. The van der Waals surface area contributed by atoms with Crippen LogP contribution in [0.5, 0.6) is 34.5 Å². The fraction of sp³-hybridized carbons (Fsp3) is 0.480. The molecule has 4 aromatic rings. The summed E-state index contributed by atoms with van der Waals surface area (Å²) in [6, 6.07) is 18.1. The third kappa shape index (κ3) is 10.9. The number of aliphatic hydroxyl groups excluding tert-OH is 11. The minimum absolute atomic E-state index is 0.0107. The summed E-state index contributed by atoms with van der Waals surface area (Å²) in [5, 5.41) is 125. The fourth-order valence-corrected chi connectivity index (χ4v) is 9.35. The largest absolute Gasteiger partial charge is 0.507 e. The first-order chi connectivity index (χ1) is 36.0. The average Bonchev–Trinajstić information content (AvgIpc) is 3.40. The lowest BCUT2D eigenvalue weighted by atomic mass is 9.93. The van der Waals surface area contributed by atoms with Crippen LogP contribution in [0, 0.1) is 0 Å². The van der Waals surface area contributed by atoms with Crippen molar-refractivity contribution < 1.29 is 123 Å². The summed E-state index contributed by atoms with van der Waals surface area (Å²) < 4.78 is 63.3. The van der Waals surface area contributed by atoms with Crippen LogP contribution in [0.4, 0.5) is 0 Å². The van der Waals surface area contributed by atoms with Gasteiger partial charge >= 0.3 is 11.9 Å². The Morgan fingerprint density at radius 1 is 0.507 bits per heavy atom. The molecule has 0 aromatic heterocycles. The number of rotatable bonds is 16. The van der Waals surface area contributed by atoms with Crippen molar-refractivity contribution in [3.05, 3.63) is 106 Å². The normalized spacial score (nSPS) is 33.5. The summed E-state index contributed by atoms with van der Waals surface area (Å²) in [5.41, 5.74) is 1.74. The van der Waals surface area contributed by atoms with Crippen LogP contribution in [0.25, 0.3) is 0 Å². The minimum atomic E-state index is -1.86. The molecule has 5 aliphatic rings. The number of aliphatic hydroxyl groups is 11. The van der Waals surface area contributed by atoms with Crippen molar-refractivity contribution in [1.82, 2.24) is 0 Å². The van der Waals surface area contributed by atoms with E-state index in [4.69, 9.17) is 52.1 Å². The number of carbonyl (C=O) groups excluding carboxylic acids is 2. The molecule has 25 heteroatoms. The summed E-state index contributed by atoms with van der Waals surface area (Å²) in [6.45, 7) is -2.57. The summed E-state index contributed by atoms with van der Waals surface area (Å²) >= 11 is 0. The molecule has 75 heavy (non-hydrogen) atoms. The maximum atomic E-state index is 13.7. The lowest BCUT2D eigenvalue weighted by molar-refractivity contribution is -0.282. The maximum absolute atomic E-state index is 13.7. The highest BCUT2D eigenvalue weighted by molar-refractivity contribution is 5.96. The molecule has 9 rings (SSSR count). The van der Waals surface area contributed by atoms with E-state index in [1.165, 1.54) is 49.6 Å². The molecule has 25 nitrogen and oxygen atoms in total. The van der Waals surface area contributed by atoms with Gasteiger partial charge in [0.25, 0.3) is 0 Å². The second-order valence-corrected chi connectivity index (χ2v) is 18.3. The Balaban J connectivity index is 0.892. The van der Waals surface area contributed by atoms with Gasteiger partial charge in [0, 0.05) is 12.8 Å². The zero-order valence-corrected chi connectivity index (χ0v) is 39.7. The SMILES string of the molecule is COc1ccc([C@@H]2Cc3cccc(O)c3C(=O)O2)cc1O[C@@H]1OC(COCOc2ccc([C@@H]3Cc4cccc(O[C@@H]5O[C@H](CO)[C@@H](O)[C@H](O)[C@H]5O)c4C(=O)O3)cc2O[C@@H]2O[C@H](CO)[C@@H](O)[C@H](O)[C@H]2O)[C@@H](O)[C@H](O)[C@H]1O. The first-order valence-electron chi connectivity index (χ1n) is 23.7. The number of phenols is 1. The molecule has 0 aliphatic carbocycles. The van der Waals surface area contributed by atoms with E-state index in [-0.39, 0.29) is 58.5 Å². The number of methoxy groups -OCH3 is 1. The predicted molar refractivity (Wildman–Crippen MR) is 245 cm³/mol. The summed E-state index contributed by atoms with van der Waals surface area (Å²) in [5.74, 6) is -2.02. The molecule has 0 saturated carbocycles. The van der Waals surface area contributed by atoms with E-state index in [9.17, 15) is 70.9 Å². The highest BCUT2D eigenvalue weighted by Gasteiger charge is 2.48. The Morgan fingerprint density at radius 2 is 0.960 bits per heavy atom. The topological polar surface area (TPSA) is 378 Å². The smallest absolute Gasteiger partial charge is 0.342 e. The highest BCUT2D eigenvalue weighted by atomic mass is 16.7. The van der Waals surface area contributed by atoms with Crippen LogP contribution in [0.2, 0.25) is 0 Å². The number of benzene rings is 4. The van der Waals surface area contributed by atoms with Crippen molar-refractivity contribution >= 4 is 11.9 Å². The molecule has 0 bridgehead atoms. The second kappa shape index (κ2) is 22.7. The number of carbonyl (C=O) groups is 2. The maximum Gasteiger partial charge on any atom is 0.342 e. The van der Waals surface area contributed by atoms with Crippen LogP contribution in [0.3, 0.4) is 0 Å². The Bertz CT molecular complexity index is 2660. The summed E-state index contributed by atoms with van der Waals surface area (Å²) in [6.07, 6.45) is -26.4. The van der Waals surface area contributed by atoms with E-state index in [1.807, 2.05) is 0 Å². The number of aromatic hydroxyl groups is 1. The molecular formula is C50H56O25. The molecule has 12 N–H and O–H groups in total. The van der Waals surface area contributed by atoms with Gasteiger partial charge in [-0.25, -0.2) is 9.59 Å². The van der Waals surface area contributed by atoms with Crippen LogP contribution in [0.1, 0.15) is 55.2 Å². The lowest BCUT2D eigenvalue weighted by Gasteiger charge is -2.40. The molecule has 3 fully saturated rings. The first-order valence-corrected chi connectivity index (χ1v) is 23.7.